The Balaban J connectivity index is 2.13. The summed E-state index contributed by atoms with van der Waals surface area (Å²) in [7, 11) is 0. The number of benzene rings is 2. The topological polar surface area (TPSA) is 75.4 Å². The Bertz CT molecular complexity index is 639. The highest BCUT2D eigenvalue weighted by Gasteiger charge is 2.07. The number of nitrogens with one attached hydrogen (secondary N) is 1. The molecule has 0 unspecified atom stereocenters. The molecule has 0 aliphatic carbocycles. The molecule has 2 aromatic carbocycles. The van der Waals surface area contributed by atoms with Crippen molar-refractivity contribution in [2.75, 3.05) is 5.32 Å². The second-order valence-corrected chi connectivity index (χ2v) is 5.78. The van der Waals surface area contributed by atoms with E-state index in [-0.39, 0.29) is 11.4 Å². The van der Waals surface area contributed by atoms with E-state index in [1.807, 2.05) is 0 Å². The van der Waals surface area contributed by atoms with Gasteiger partial charge in [0.05, 0.1) is 13.9 Å². The molecule has 0 aliphatic heterocycles. The maximum absolute atomic E-state index is 10.7. The molecule has 0 saturated carbocycles. The lowest BCUT2D eigenvalue weighted by Crippen LogP contribution is -2.00. The van der Waals surface area contributed by atoms with E-state index < -0.39 is 4.92 Å². The molecule has 0 bridgehead atoms. The first-order valence-corrected chi connectivity index (χ1v) is 7.21. The summed E-state index contributed by atoms with van der Waals surface area (Å²) in [5, 5.41) is 23.4. The quantitative estimate of drug-likeness (QED) is 0.586. The number of phenolic OH excluding ortho intramolecular Hbond substituents is 1. The van der Waals surface area contributed by atoms with Crippen LogP contribution in [0.5, 0.6) is 5.75 Å². The summed E-state index contributed by atoms with van der Waals surface area (Å²) in [6.07, 6.45) is 0. The van der Waals surface area contributed by atoms with E-state index in [9.17, 15) is 15.2 Å². The van der Waals surface area contributed by atoms with Crippen molar-refractivity contribution >= 4 is 43.2 Å². The molecular weight excluding hydrogens is 392 g/mol. The van der Waals surface area contributed by atoms with Crippen molar-refractivity contribution in [3.63, 3.8) is 0 Å². The number of hydrogen-bond donors (Lipinski definition) is 2. The molecule has 0 spiro atoms. The summed E-state index contributed by atoms with van der Waals surface area (Å²) in [4.78, 5) is 10.3. The largest absolute Gasteiger partial charge is 0.506 e. The third-order valence-corrected chi connectivity index (χ3v) is 3.84. The van der Waals surface area contributed by atoms with Crippen molar-refractivity contribution in [2.45, 2.75) is 6.54 Å². The molecule has 0 amide bonds. The van der Waals surface area contributed by atoms with Gasteiger partial charge in [0, 0.05) is 24.4 Å². The van der Waals surface area contributed by atoms with Crippen molar-refractivity contribution in [2.24, 2.45) is 0 Å². The fourth-order valence-electron chi connectivity index (χ4n) is 1.65. The summed E-state index contributed by atoms with van der Waals surface area (Å²) in [6.45, 7) is 0.485. The van der Waals surface area contributed by atoms with Crippen LogP contribution >= 0.6 is 31.9 Å². The number of halogens is 2. The number of non-ortho nitro benzene ring substituents is 1. The monoisotopic (exact) mass is 400 g/mol. The highest BCUT2D eigenvalue weighted by Crippen LogP contribution is 2.33. The third-order valence-electron chi connectivity index (χ3n) is 2.63. The van der Waals surface area contributed by atoms with Gasteiger partial charge in [-0.2, -0.15) is 0 Å². The van der Waals surface area contributed by atoms with E-state index in [0.717, 1.165) is 5.56 Å². The zero-order chi connectivity index (χ0) is 14.7. The van der Waals surface area contributed by atoms with Crippen molar-refractivity contribution < 1.29 is 10.0 Å². The van der Waals surface area contributed by atoms with Crippen LogP contribution in [0.3, 0.4) is 0 Å². The number of phenols is 1. The van der Waals surface area contributed by atoms with E-state index in [1.165, 1.54) is 12.1 Å². The van der Waals surface area contributed by atoms with E-state index >= 15 is 0 Å². The van der Waals surface area contributed by atoms with Gasteiger partial charge in [-0.25, -0.2) is 0 Å². The number of rotatable bonds is 4. The molecule has 0 atom stereocenters. The molecule has 5 nitrogen and oxygen atoms in total. The molecule has 0 aliphatic rings. The van der Waals surface area contributed by atoms with Gasteiger partial charge >= 0.3 is 0 Å². The zero-order valence-electron chi connectivity index (χ0n) is 10.1. The molecule has 7 heteroatoms. The average Bonchev–Trinajstić information content (AvgIpc) is 2.42. The molecule has 0 radical (unpaired) electrons. The summed E-state index contributed by atoms with van der Waals surface area (Å²) in [5.41, 5.74) is 1.63. The lowest BCUT2D eigenvalue weighted by Gasteiger charge is -2.09. The predicted molar refractivity (Wildman–Crippen MR) is 83.9 cm³/mol. The van der Waals surface area contributed by atoms with Crippen LogP contribution in [0.25, 0.3) is 0 Å². The lowest BCUT2D eigenvalue weighted by molar-refractivity contribution is -0.384. The molecule has 2 N–H and O–H groups in total. The molecule has 2 rings (SSSR count). The van der Waals surface area contributed by atoms with E-state index in [0.29, 0.717) is 21.2 Å². The van der Waals surface area contributed by atoms with Gasteiger partial charge in [0.1, 0.15) is 5.75 Å². The highest BCUT2D eigenvalue weighted by molar-refractivity contribution is 9.11. The first kappa shape index (κ1) is 14.8. The second kappa shape index (κ2) is 6.23. The van der Waals surface area contributed by atoms with E-state index in [1.54, 1.807) is 24.3 Å². The maximum atomic E-state index is 10.7. The summed E-state index contributed by atoms with van der Waals surface area (Å²) < 4.78 is 1.17. The number of hydrogen-bond acceptors (Lipinski definition) is 4. The van der Waals surface area contributed by atoms with E-state index in [2.05, 4.69) is 37.2 Å². The van der Waals surface area contributed by atoms with Crippen LogP contribution in [0.15, 0.2) is 45.3 Å². The van der Waals surface area contributed by atoms with Crippen molar-refractivity contribution in [1.82, 2.24) is 0 Å². The molecule has 104 valence electrons. The minimum absolute atomic E-state index is 0.0445. The van der Waals surface area contributed by atoms with Gasteiger partial charge in [-0.15, -0.1) is 0 Å². The number of aromatic hydroxyl groups is 1. The van der Waals surface area contributed by atoms with Gasteiger partial charge in [0.15, 0.2) is 0 Å². The van der Waals surface area contributed by atoms with Crippen LogP contribution in [0.4, 0.5) is 11.4 Å². The summed E-state index contributed by atoms with van der Waals surface area (Å²) in [5.74, 6) is 0.143. The van der Waals surface area contributed by atoms with Gasteiger partial charge in [-0.3, -0.25) is 10.1 Å². The van der Waals surface area contributed by atoms with Crippen LogP contribution < -0.4 is 5.32 Å². The average molecular weight is 402 g/mol. The third kappa shape index (κ3) is 3.49. The number of nitrogens with zero attached hydrogens (tertiary/aromatic N) is 1. The van der Waals surface area contributed by atoms with Crippen LogP contribution in [-0.4, -0.2) is 10.0 Å². The fraction of sp³-hybridized carbons (Fsp3) is 0.0769. The zero-order valence-corrected chi connectivity index (χ0v) is 13.3. The molecule has 0 aromatic heterocycles. The highest BCUT2D eigenvalue weighted by atomic mass is 79.9. The normalized spacial score (nSPS) is 10.3. The Kier molecular flexibility index (Phi) is 4.61. The van der Waals surface area contributed by atoms with Crippen LogP contribution in [0.2, 0.25) is 0 Å². The number of anilines is 1. The van der Waals surface area contributed by atoms with E-state index in [4.69, 9.17) is 0 Å². The first-order chi connectivity index (χ1) is 9.47. The van der Waals surface area contributed by atoms with Gasteiger partial charge in [0.2, 0.25) is 0 Å². The smallest absolute Gasteiger partial charge is 0.271 e. The van der Waals surface area contributed by atoms with Crippen LogP contribution in [0.1, 0.15) is 5.56 Å². The van der Waals surface area contributed by atoms with Crippen LogP contribution in [-0.2, 0) is 6.54 Å². The molecule has 0 heterocycles. The minimum atomic E-state index is -0.432. The molecule has 20 heavy (non-hydrogen) atoms. The van der Waals surface area contributed by atoms with Gasteiger partial charge in [-0.05, 0) is 55.6 Å². The molecule has 2 aromatic rings. The molecular formula is C13H10Br2N2O3. The van der Waals surface area contributed by atoms with Crippen molar-refractivity contribution in [3.05, 3.63) is 61.0 Å². The summed E-state index contributed by atoms with van der Waals surface area (Å²) in [6, 6.07) is 9.87. The maximum Gasteiger partial charge on any atom is 0.271 e. The Morgan fingerprint density at radius 3 is 2.45 bits per heavy atom. The number of nitro groups is 1. The minimum Gasteiger partial charge on any atom is -0.506 e. The van der Waals surface area contributed by atoms with Gasteiger partial charge in [0.25, 0.3) is 5.69 Å². The number of nitro benzene ring substituents is 1. The summed E-state index contributed by atoms with van der Waals surface area (Å²) >= 11 is 6.51. The van der Waals surface area contributed by atoms with Gasteiger partial charge < -0.3 is 10.4 Å². The van der Waals surface area contributed by atoms with Crippen molar-refractivity contribution in [1.29, 1.82) is 0 Å². The molecule has 0 saturated heterocycles. The first-order valence-electron chi connectivity index (χ1n) is 5.62. The Hall–Kier alpha value is -1.60. The van der Waals surface area contributed by atoms with Gasteiger partial charge in [-0.1, -0.05) is 6.07 Å². The fourth-order valence-corrected chi connectivity index (χ4v) is 2.93. The Labute approximate surface area is 132 Å². The standard InChI is InChI=1S/C13H10Br2N2O3/c14-11-4-8(5-12(15)13(11)18)7-16-9-2-1-3-10(6-9)17(19)20/h1-6,16,18H,7H2. The predicted octanol–water partition coefficient (Wildman–Crippen LogP) is 4.44. The molecule has 0 fully saturated rings. The second-order valence-electron chi connectivity index (χ2n) is 4.07. The lowest BCUT2D eigenvalue weighted by atomic mass is 10.2. The Morgan fingerprint density at radius 1 is 1.20 bits per heavy atom. The SMILES string of the molecule is O=[N+]([O-])c1cccc(NCc2cc(Br)c(O)c(Br)c2)c1. The Morgan fingerprint density at radius 2 is 1.85 bits per heavy atom. The van der Waals surface area contributed by atoms with Crippen molar-refractivity contribution in [3.8, 4) is 5.75 Å². The van der Waals surface area contributed by atoms with Crippen LogP contribution in [0, 0.1) is 10.1 Å².